The predicted molar refractivity (Wildman–Crippen MR) is 156 cm³/mol. The number of aliphatic hydroxyl groups is 1. The third-order valence-electron chi connectivity index (χ3n) is 7.57. The molecule has 5 rings (SSSR count). The van der Waals surface area contributed by atoms with Crippen molar-refractivity contribution in [1.82, 2.24) is 9.80 Å². The number of Topliss-reactive ketones (excluding diaryl/α,β-unsaturated/α-hetero) is 1. The number of likely N-dealkylation sites (tertiary alicyclic amines) is 1. The molecule has 1 unspecified atom stereocenters. The summed E-state index contributed by atoms with van der Waals surface area (Å²) in [5.74, 6) is -1.18. The van der Waals surface area contributed by atoms with Gasteiger partial charge in [-0.05, 0) is 55.3 Å². The van der Waals surface area contributed by atoms with Gasteiger partial charge in [0.1, 0.15) is 17.3 Å². The van der Waals surface area contributed by atoms with E-state index in [-0.39, 0.29) is 11.3 Å². The number of rotatable bonds is 9. The Bertz CT molecular complexity index is 1460. The Morgan fingerprint density at radius 3 is 2.14 bits per heavy atom. The van der Waals surface area contributed by atoms with Crippen molar-refractivity contribution >= 4 is 23.4 Å². The molecule has 0 aromatic heterocycles. The van der Waals surface area contributed by atoms with Crippen LogP contribution in [0.15, 0.2) is 78.4 Å². The number of hydrogen-bond donors (Lipinski definition) is 1. The van der Waals surface area contributed by atoms with Crippen molar-refractivity contribution in [2.75, 3.05) is 46.5 Å². The van der Waals surface area contributed by atoms with E-state index in [1.165, 1.54) is 4.90 Å². The number of esters is 1. The Labute approximate surface area is 244 Å². The van der Waals surface area contributed by atoms with Gasteiger partial charge < -0.3 is 24.2 Å². The highest BCUT2D eigenvalue weighted by molar-refractivity contribution is 6.46. The Balaban J connectivity index is 1.41. The minimum Gasteiger partial charge on any atom is -0.507 e. The maximum atomic E-state index is 13.3. The first-order valence-corrected chi connectivity index (χ1v) is 14.0. The van der Waals surface area contributed by atoms with Gasteiger partial charge in [-0.25, -0.2) is 4.79 Å². The lowest BCUT2D eigenvalue weighted by molar-refractivity contribution is -0.140. The molecule has 0 spiro atoms. The number of aryl methyl sites for hydroxylation is 1. The number of ether oxygens (including phenoxy) is 3. The van der Waals surface area contributed by atoms with Gasteiger partial charge in [0.25, 0.3) is 11.7 Å². The highest BCUT2D eigenvalue weighted by atomic mass is 16.5. The topological polar surface area (TPSA) is 106 Å². The second-order valence-corrected chi connectivity index (χ2v) is 10.4. The first kappa shape index (κ1) is 29.0. The number of ketones is 1. The normalized spacial score (nSPS) is 18.7. The molecule has 2 saturated heterocycles. The molecular formula is C33H34N2O7. The van der Waals surface area contributed by atoms with Crippen molar-refractivity contribution in [3.05, 3.63) is 101 Å². The summed E-state index contributed by atoms with van der Waals surface area (Å²) < 4.78 is 16.1. The molecule has 2 heterocycles. The summed E-state index contributed by atoms with van der Waals surface area (Å²) in [7, 11) is 1.55. The van der Waals surface area contributed by atoms with Gasteiger partial charge in [-0.2, -0.15) is 0 Å². The van der Waals surface area contributed by atoms with E-state index in [1.54, 1.807) is 67.8 Å². The van der Waals surface area contributed by atoms with Gasteiger partial charge in [0.2, 0.25) is 0 Å². The molecule has 0 bridgehead atoms. The molecule has 9 heteroatoms. The van der Waals surface area contributed by atoms with Crippen LogP contribution in [0.1, 0.15) is 39.5 Å². The van der Waals surface area contributed by atoms with E-state index < -0.39 is 23.7 Å². The molecule has 3 aromatic rings. The van der Waals surface area contributed by atoms with Gasteiger partial charge in [0.15, 0.2) is 0 Å². The molecule has 2 aliphatic heterocycles. The molecular weight excluding hydrogens is 536 g/mol. The first-order valence-electron chi connectivity index (χ1n) is 14.0. The highest BCUT2D eigenvalue weighted by Crippen LogP contribution is 2.40. The second-order valence-electron chi connectivity index (χ2n) is 10.4. The quantitative estimate of drug-likeness (QED) is 0.133. The minimum absolute atomic E-state index is 0.0400. The number of amides is 1. The molecule has 1 atom stereocenters. The van der Waals surface area contributed by atoms with E-state index in [0.717, 1.165) is 25.2 Å². The number of aliphatic hydroxyl groups excluding tert-OH is 1. The number of carbonyl (C=O) groups is 3. The van der Waals surface area contributed by atoms with Crippen LogP contribution in [-0.4, -0.2) is 79.1 Å². The van der Waals surface area contributed by atoms with Gasteiger partial charge in [0.05, 0.1) is 37.5 Å². The van der Waals surface area contributed by atoms with Crippen LogP contribution < -0.4 is 9.47 Å². The molecule has 3 aromatic carbocycles. The zero-order valence-electron chi connectivity index (χ0n) is 23.7. The van der Waals surface area contributed by atoms with E-state index in [4.69, 9.17) is 14.2 Å². The lowest BCUT2D eigenvalue weighted by Crippen LogP contribution is -2.38. The predicted octanol–water partition coefficient (Wildman–Crippen LogP) is 4.37. The largest absolute Gasteiger partial charge is 0.507 e. The Morgan fingerprint density at radius 1 is 0.881 bits per heavy atom. The lowest BCUT2D eigenvalue weighted by atomic mass is 9.95. The van der Waals surface area contributed by atoms with Gasteiger partial charge in [-0.3, -0.25) is 14.5 Å². The van der Waals surface area contributed by atoms with Crippen LogP contribution in [0.3, 0.4) is 0 Å². The first-order chi connectivity index (χ1) is 20.4. The summed E-state index contributed by atoms with van der Waals surface area (Å²) in [5.41, 5.74) is 2.50. The minimum atomic E-state index is -0.790. The molecule has 2 fully saturated rings. The lowest BCUT2D eigenvalue weighted by Gasteiger charge is -2.29. The van der Waals surface area contributed by atoms with Crippen LogP contribution in [0.5, 0.6) is 11.5 Å². The third-order valence-corrected chi connectivity index (χ3v) is 7.57. The summed E-state index contributed by atoms with van der Waals surface area (Å²) in [6, 6.07) is 19.6. The van der Waals surface area contributed by atoms with Crippen molar-refractivity contribution < 1.29 is 33.7 Å². The van der Waals surface area contributed by atoms with Crippen molar-refractivity contribution in [2.45, 2.75) is 19.4 Å². The van der Waals surface area contributed by atoms with Crippen LogP contribution >= 0.6 is 0 Å². The van der Waals surface area contributed by atoms with E-state index in [0.29, 0.717) is 54.4 Å². The molecule has 1 N–H and O–H groups in total. The third kappa shape index (κ3) is 6.37. The van der Waals surface area contributed by atoms with E-state index in [1.807, 2.05) is 19.1 Å². The molecule has 42 heavy (non-hydrogen) atoms. The molecule has 0 radical (unpaired) electrons. The van der Waals surface area contributed by atoms with Crippen LogP contribution in [0.25, 0.3) is 5.76 Å². The molecule has 1 amide bonds. The smallest absolute Gasteiger partial charge is 0.343 e. The molecule has 0 saturated carbocycles. The summed E-state index contributed by atoms with van der Waals surface area (Å²) in [6.07, 6.45) is 0.658. The van der Waals surface area contributed by atoms with Gasteiger partial charge >= 0.3 is 5.97 Å². The van der Waals surface area contributed by atoms with Crippen LogP contribution in [-0.2, 0) is 14.3 Å². The van der Waals surface area contributed by atoms with Crippen molar-refractivity contribution in [2.24, 2.45) is 0 Å². The van der Waals surface area contributed by atoms with Crippen molar-refractivity contribution in [3.63, 3.8) is 0 Å². The number of nitrogens with zero attached hydrogens (tertiary/aromatic N) is 2. The number of hydrogen-bond acceptors (Lipinski definition) is 8. The van der Waals surface area contributed by atoms with Crippen LogP contribution in [0, 0.1) is 6.92 Å². The van der Waals surface area contributed by atoms with Crippen molar-refractivity contribution in [1.29, 1.82) is 0 Å². The molecule has 9 nitrogen and oxygen atoms in total. The molecule has 2 aliphatic rings. The SMILES string of the molecule is COc1ccc(C(=O)Oc2ccc(C3/C(=C(\O)c4ccc(C)cc4)C(=O)C(=O)N3CCCN3CCOCC3)cc2)cc1. The average molecular weight is 571 g/mol. The summed E-state index contributed by atoms with van der Waals surface area (Å²) in [6.45, 7) is 6.04. The highest BCUT2D eigenvalue weighted by Gasteiger charge is 2.45. The Morgan fingerprint density at radius 2 is 1.50 bits per heavy atom. The van der Waals surface area contributed by atoms with Crippen LogP contribution in [0.4, 0.5) is 0 Å². The van der Waals surface area contributed by atoms with Gasteiger partial charge in [-0.15, -0.1) is 0 Å². The summed E-state index contributed by atoms with van der Waals surface area (Å²) in [5, 5.41) is 11.3. The second kappa shape index (κ2) is 13.0. The van der Waals surface area contributed by atoms with Gasteiger partial charge in [0, 0.05) is 31.7 Å². The zero-order valence-corrected chi connectivity index (χ0v) is 23.7. The zero-order chi connectivity index (χ0) is 29.6. The Kier molecular flexibility index (Phi) is 9.00. The number of methoxy groups -OCH3 is 1. The summed E-state index contributed by atoms with van der Waals surface area (Å²) >= 11 is 0. The monoisotopic (exact) mass is 570 g/mol. The average Bonchev–Trinajstić information content (AvgIpc) is 3.27. The van der Waals surface area contributed by atoms with E-state index in [2.05, 4.69) is 4.90 Å². The fourth-order valence-electron chi connectivity index (χ4n) is 5.22. The number of carbonyl (C=O) groups excluding carboxylic acids is 3. The van der Waals surface area contributed by atoms with Crippen LogP contribution in [0.2, 0.25) is 0 Å². The number of benzene rings is 3. The number of morpholine rings is 1. The maximum Gasteiger partial charge on any atom is 0.343 e. The van der Waals surface area contributed by atoms with Gasteiger partial charge in [-0.1, -0.05) is 42.0 Å². The van der Waals surface area contributed by atoms with E-state index >= 15 is 0 Å². The fourth-order valence-corrected chi connectivity index (χ4v) is 5.22. The molecule has 0 aliphatic carbocycles. The molecule has 218 valence electrons. The maximum absolute atomic E-state index is 13.3. The van der Waals surface area contributed by atoms with Crippen molar-refractivity contribution in [3.8, 4) is 11.5 Å². The standard InChI is InChI=1S/C33H34N2O7/c1-22-4-6-24(7-5-22)30(36)28-29(35(32(38)31(28)37)17-3-16-34-18-20-41-21-19-34)23-8-14-27(15-9-23)42-33(39)25-10-12-26(40-2)13-11-25/h4-15,29,36H,3,16-21H2,1-2H3/b30-28+. The van der Waals surface area contributed by atoms with E-state index in [9.17, 15) is 19.5 Å². The summed E-state index contributed by atoms with van der Waals surface area (Å²) in [4.78, 5) is 43.1. The Hall–Kier alpha value is -4.47. The fraction of sp³-hybridized carbons (Fsp3) is 0.303.